The molecule has 5 nitrogen and oxygen atoms in total. The molecule has 0 unspecified atom stereocenters. The van der Waals surface area contributed by atoms with E-state index in [0.29, 0.717) is 23.6 Å². The summed E-state index contributed by atoms with van der Waals surface area (Å²) in [6.07, 6.45) is -0.907. The molecular formula is C12H16ClNO4. The zero-order valence-corrected chi connectivity index (χ0v) is 10.9. The van der Waals surface area contributed by atoms with Crippen molar-refractivity contribution < 1.29 is 19.0 Å². The molecule has 0 aliphatic carbocycles. The Morgan fingerprint density at radius 3 is 2.78 bits per heavy atom. The quantitative estimate of drug-likeness (QED) is 0.612. The monoisotopic (exact) mass is 273 g/mol. The molecule has 0 aliphatic heterocycles. The molecule has 1 aromatic carbocycles. The number of methoxy groups -OCH3 is 1. The summed E-state index contributed by atoms with van der Waals surface area (Å²) in [5.74, 6) is 0. The van der Waals surface area contributed by atoms with Crippen molar-refractivity contribution in [3.05, 3.63) is 34.9 Å². The predicted molar refractivity (Wildman–Crippen MR) is 67.3 cm³/mol. The fraction of sp³-hybridized carbons (Fsp3) is 0.417. The van der Waals surface area contributed by atoms with Gasteiger partial charge in [-0.05, 0) is 6.07 Å². The number of carbonyl (C=O) groups excluding carboxylic acids is 1. The normalized spacial score (nSPS) is 12.1. The van der Waals surface area contributed by atoms with Gasteiger partial charge in [0.25, 0.3) is 0 Å². The fourth-order valence-corrected chi connectivity index (χ4v) is 1.74. The summed E-state index contributed by atoms with van der Waals surface area (Å²) in [7, 11) is 1.53. The van der Waals surface area contributed by atoms with Gasteiger partial charge in [-0.25, -0.2) is 4.79 Å². The Kier molecular flexibility index (Phi) is 6.49. The molecule has 0 radical (unpaired) electrons. The lowest BCUT2D eigenvalue weighted by atomic mass is 10.1. The van der Waals surface area contributed by atoms with Gasteiger partial charge >= 0.3 is 6.09 Å². The number of amides is 1. The molecule has 0 heterocycles. The standard InChI is InChI=1S/C12H16ClNO4/c1-16-8-17-7-6-11(18-12(14)15)9-4-2-3-5-10(9)13/h2-5,11H,6-8H2,1H3,(H2,14,15)/t11-/m1/s1. The lowest BCUT2D eigenvalue weighted by Gasteiger charge is -2.18. The van der Waals surface area contributed by atoms with Crippen molar-refractivity contribution in [3.63, 3.8) is 0 Å². The van der Waals surface area contributed by atoms with Gasteiger partial charge in [-0.2, -0.15) is 0 Å². The molecule has 2 N–H and O–H groups in total. The van der Waals surface area contributed by atoms with Crippen LogP contribution in [0.4, 0.5) is 4.79 Å². The lowest BCUT2D eigenvalue weighted by molar-refractivity contribution is -0.0407. The lowest BCUT2D eigenvalue weighted by Crippen LogP contribution is -2.19. The molecule has 0 aliphatic rings. The van der Waals surface area contributed by atoms with Gasteiger partial charge in [-0.3, -0.25) is 0 Å². The van der Waals surface area contributed by atoms with Crippen molar-refractivity contribution in [2.75, 3.05) is 20.5 Å². The molecule has 0 saturated heterocycles. The van der Waals surface area contributed by atoms with E-state index in [2.05, 4.69) is 0 Å². The van der Waals surface area contributed by atoms with Gasteiger partial charge in [0.1, 0.15) is 12.9 Å². The van der Waals surface area contributed by atoms with Crippen LogP contribution in [0.3, 0.4) is 0 Å². The topological polar surface area (TPSA) is 70.8 Å². The van der Waals surface area contributed by atoms with E-state index in [0.717, 1.165) is 0 Å². The summed E-state index contributed by atoms with van der Waals surface area (Å²) in [6, 6.07) is 7.12. The van der Waals surface area contributed by atoms with Crippen LogP contribution in [0, 0.1) is 0 Å². The van der Waals surface area contributed by atoms with E-state index >= 15 is 0 Å². The van der Waals surface area contributed by atoms with Crippen molar-refractivity contribution in [1.82, 2.24) is 0 Å². The molecule has 1 rings (SSSR count). The maximum atomic E-state index is 10.9. The van der Waals surface area contributed by atoms with Crippen LogP contribution in [0.1, 0.15) is 18.1 Å². The molecule has 6 heteroatoms. The van der Waals surface area contributed by atoms with Crippen LogP contribution in [-0.4, -0.2) is 26.6 Å². The first-order valence-corrected chi connectivity index (χ1v) is 5.80. The molecule has 0 fully saturated rings. The van der Waals surface area contributed by atoms with Crippen LogP contribution in [-0.2, 0) is 14.2 Å². The second-order valence-corrected chi connectivity index (χ2v) is 3.96. The van der Waals surface area contributed by atoms with Gasteiger partial charge in [0.2, 0.25) is 0 Å². The highest BCUT2D eigenvalue weighted by Gasteiger charge is 2.17. The number of halogens is 1. The van der Waals surface area contributed by atoms with E-state index in [1.54, 1.807) is 18.2 Å². The minimum Gasteiger partial charge on any atom is -0.441 e. The van der Waals surface area contributed by atoms with E-state index < -0.39 is 12.2 Å². The third-order valence-electron chi connectivity index (χ3n) is 2.24. The first-order valence-electron chi connectivity index (χ1n) is 5.42. The Morgan fingerprint density at radius 2 is 2.17 bits per heavy atom. The van der Waals surface area contributed by atoms with Gasteiger partial charge in [0.05, 0.1) is 6.61 Å². The first kappa shape index (κ1) is 14.8. The van der Waals surface area contributed by atoms with Crippen molar-refractivity contribution >= 4 is 17.7 Å². The first-order chi connectivity index (χ1) is 8.65. The van der Waals surface area contributed by atoms with E-state index in [9.17, 15) is 4.79 Å². The summed E-state index contributed by atoms with van der Waals surface area (Å²) in [5.41, 5.74) is 5.75. The highest BCUT2D eigenvalue weighted by molar-refractivity contribution is 6.31. The number of hydrogen-bond acceptors (Lipinski definition) is 4. The molecular weight excluding hydrogens is 258 g/mol. The van der Waals surface area contributed by atoms with E-state index in [1.165, 1.54) is 7.11 Å². The minimum absolute atomic E-state index is 0.186. The summed E-state index contributed by atoms with van der Waals surface area (Å²) in [6.45, 7) is 0.558. The smallest absolute Gasteiger partial charge is 0.405 e. The number of nitrogens with two attached hydrogens (primary N) is 1. The molecule has 18 heavy (non-hydrogen) atoms. The highest BCUT2D eigenvalue weighted by atomic mass is 35.5. The molecule has 1 amide bonds. The molecule has 100 valence electrons. The Bertz CT molecular complexity index is 386. The fourth-order valence-electron chi connectivity index (χ4n) is 1.49. The second kappa shape index (κ2) is 7.92. The minimum atomic E-state index is -0.841. The number of primary amides is 1. The SMILES string of the molecule is COCOCC[C@@H](OC(N)=O)c1ccccc1Cl. The van der Waals surface area contributed by atoms with Crippen LogP contribution in [0.5, 0.6) is 0 Å². The van der Waals surface area contributed by atoms with Gasteiger partial charge < -0.3 is 19.9 Å². The number of rotatable bonds is 7. The van der Waals surface area contributed by atoms with Crippen LogP contribution >= 0.6 is 11.6 Å². The third kappa shape index (κ3) is 4.91. The van der Waals surface area contributed by atoms with Gasteiger partial charge in [-0.15, -0.1) is 0 Å². The number of hydrogen-bond donors (Lipinski definition) is 1. The molecule has 0 bridgehead atoms. The maximum absolute atomic E-state index is 10.9. The largest absolute Gasteiger partial charge is 0.441 e. The van der Waals surface area contributed by atoms with Crippen LogP contribution in [0.25, 0.3) is 0 Å². The maximum Gasteiger partial charge on any atom is 0.405 e. The van der Waals surface area contributed by atoms with Crippen LogP contribution in [0.2, 0.25) is 5.02 Å². The molecule has 0 saturated carbocycles. The van der Waals surface area contributed by atoms with Crippen molar-refractivity contribution in [3.8, 4) is 0 Å². The van der Waals surface area contributed by atoms with Crippen molar-refractivity contribution in [2.24, 2.45) is 5.73 Å². The van der Waals surface area contributed by atoms with Gasteiger partial charge in [0.15, 0.2) is 0 Å². The van der Waals surface area contributed by atoms with Crippen LogP contribution in [0.15, 0.2) is 24.3 Å². The highest BCUT2D eigenvalue weighted by Crippen LogP contribution is 2.28. The summed E-state index contributed by atoms with van der Waals surface area (Å²) in [4.78, 5) is 10.9. The Balaban J connectivity index is 2.66. The number of carbonyl (C=O) groups is 1. The third-order valence-corrected chi connectivity index (χ3v) is 2.58. The number of benzene rings is 1. The molecule has 1 atom stereocenters. The summed E-state index contributed by atoms with van der Waals surface area (Å²) >= 11 is 6.04. The van der Waals surface area contributed by atoms with Gasteiger partial charge in [0, 0.05) is 24.1 Å². The van der Waals surface area contributed by atoms with Crippen molar-refractivity contribution in [1.29, 1.82) is 0 Å². The molecule has 0 aromatic heterocycles. The average molecular weight is 274 g/mol. The van der Waals surface area contributed by atoms with E-state index in [1.807, 2.05) is 6.07 Å². The average Bonchev–Trinajstić information content (AvgIpc) is 2.33. The second-order valence-electron chi connectivity index (χ2n) is 3.55. The summed E-state index contributed by atoms with van der Waals surface area (Å²) in [5, 5.41) is 0.524. The van der Waals surface area contributed by atoms with Crippen molar-refractivity contribution in [2.45, 2.75) is 12.5 Å². The molecule has 1 aromatic rings. The van der Waals surface area contributed by atoms with E-state index in [4.69, 9.17) is 31.5 Å². The molecule has 0 spiro atoms. The van der Waals surface area contributed by atoms with Gasteiger partial charge in [-0.1, -0.05) is 29.8 Å². The summed E-state index contributed by atoms with van der Waals surface area (Å²) < 4.78 is 14.9. The Hall–Kier alpha value is -1.30. The zero-order chi connectivity index (χ0) is 13.4. The zero-order valence-electron chi connectivity index (χ0n) is 10.1. The van der Waals surface area contributed by atoms with Crippen LogP contribution < -0.4 is 5.73 Å². The number of ether oxygens (including phenoxy) is 3. The Labute approximate surface area is 111 Å². The predicted octanol–water partition coefficient (Wildman–Crippen LogP) is 2.49. The Morgan fingerprint density at radius 1 is 1.44 bits per heavy atom. The van der Waals surface area contributed by atoms with E-state index in [-0.39, 0.29) is 6.79 Å².